The van der Waals surface area contributed by atoms with Gasteiger partial charge in [-0.15, -0.1) is 0 Å². The van der Waals surface area contributed by atoms with Crippen LogP contribution in [0, 0.1) is 5.82 Å². The van der Waals surface area contributed by atoms with Gasteiger partial charge in [-0.05, 0) is 30.7 Å². The van der Waals surface area contributed by atoms with Crippen LogP contribution in [0.5, 0.6) is 0 Å². The maximum atomic E-state index is 12.8. The van der Waals surface area contributed by atoms with Gasteiger partial charge in [-0.2, -0.15) is 0 Å². The zero-order valence-electron chi connectivity index (χ0n) is 9.74. The Morgan fingerprint density at radius 1 is 1.29 bits per heavy atom. The predicted molar refractivity (Wildman–Crippen MR) is 65.6 cm³/mol. The van der Waals surface area contributed by atoms with Gasteiger partial charge in [0, 0.05) is 13.1 Å². The first-order valence-corrected chi connectivity index (χ1v) is 7.26. The molecule has 0 unspecified atom stereocenters. The third-order valence-corrected chi connectivity index (χ3v) is 2.84. The highest BCUT2D eigenvalue weighted by Crippen LogP contribution is 2.02. The van der Waals surface area contributed by atoms with E-state index in [-0.39, 0.29) is 5.82 Å². The van der Waals surface area contributed by atoms with Crippen molar-refractivity contribution in [3.05, 3.63) is 35.6 Å². The Morgan fingerprint density at radius 2 is 2.06 bits per heavy atom. The van der Waals surface area contributed by atoms with Gasteiger partial charge < -0.3 is 5.32 Å². The van der Waals surface area contributed by atoms with Crippen LogP contribution in [0.1, 0.15) is 12.0 Å². The molecule has 1 aromatic carbocycles. The van der Waals surface area contributed by atoms with Crippen LogP contribution in [0.4, 0.5) is 4.39 Å². The van der Waals surface area contributed by atoms with Crippen LogP contribution >= 0.6 is 0 Å². The lowest BCUT2D eigenvalue weighted by molar-refractivity contribution is 0.578. The molecule has 1 rings (SSSR count). The largest absolute Gasteiger partial charge is 0.313 e. The van der Waals surface area contributed by atoms with E-state index in [9.17, 15) is 12.8 Å². The minimum atomic E-state index is -3.10. The second-order valence-corrected chi connectivity index (χ2v) is 5.66. The van der Waals surface area contributed by atoms with Gasteiger partial charge in [0.25, 0.3) is 0 Å². The highest BCUT2D eigenvalue weighted by Gasteiger charge is 1.98. The fraction of sp³-hybridized carbons (Fsp3) is 0.455. The Bertz CT molecular complexity index is 449. The van der Waals surface area contributed by atoms with Crippen molar-refractivity contribution in [2.75, 3.05) is 19.3 Å². The number of nitrogens with one attached hydrogen (secondary N) is 2. The van der Waals surface area contributed by atoms with Crippen molar-refractivity contribution in [3.8, 4) is 0 Å². The molecule has 4 nitrogen and oxygen atoms in total. The molecule has 0 saturated heterocycles. The highest BCUT2D eigenvalue weighted by atomic mass is 32.2. The summed E-state index contributed by atoms with van der Waals surface area (Å²) < 4.78 is 36.7. The molecule has 0 aromatic heterocycles. The van der Waals surface area contributed by atoms with Crippen molar-refractivity contribution < 1.29 is 12.8 Å². The van der Waals surface area contributed by atoms with Crippen molar-refractivity contribution >= 4 is 10.0 Å². The monoisotopic (exact) mass is 260 g/mol. The second-order valence-electron chi connectivity index (χ2n) is 3.83. The van der Waals surface area contributed by atoms with Crippen molar-refractivity contribution in [2.45, 2.75) is 13.0 Å². The summed E-state index contributed by atoms with van der Waals surface area (Å²) in [5, 5.41) is 3.11. The minimum Gasteiger partial charge on any atom is -0.313 e. The molecule has 0 spiro atoms. The lowest BCUT2D eigenvalue weighted by Crippen LogP contribution is -2.26. The third-order valence-electron chi connectivity index (χ3n) is 2.11. The van der Waals surface area contributed by atoms with Crippen LogP contribution in [-0.2, 0) is 16.6 Å². The van der Waals surface area contributed by atoms with Gasteiger partial charge in [-0.25, -0.2) is 17.5 Å². The Morgan fingerprint density at radius 3 is 2.71 bits per heavy atom. The molecule has 0 saturated carbocycles. The molecule has 0 fully saturated rings. The molecule has 2 N–H and O–H groups in total. The molecule has 6 heteroatoms. The molecule has 1 aromatic rings. The standard InChI is InChI=1S/C11H17FN2O2S/c1-17(15,16)14-7-3-6-13-9-10-4-2-5-11(12)8-10/h2,4-5,8,13-14H,3,6-7,9H2,1H3. The second kappa shape index (κ2) is 6.68. The molecule has 96 valence electrons. The number of halogens is 1. The van der Waals surface area contributed by atoms with Crippen LogP contribution in [0.2, 0.25) is 0 Å². The van der Waals surface area contributed by atoms with Gasteiger partial charge in [0.2, 0.25) is 10.0 Å². The molecule has 17 heavy (non-hydrogen) atoms. The fourth-order valence-electron chi connectivity index (χ4n) is 1.35. The van der Waals surface area contributed by atoms with Crippen LogP contribution in [-0.4, -0.2) is 27.8 Å². The highest BCUT2D eigenvalue weighted by molar-refractivity contribution is 7.88. The summed E-state index contributed by atoms with van der Waals surface area (Å²) in [6.07, 6.45) is 1.83. The molecule has 0 aliphatic carbocycles. The summed E-state index contributed by atoms with van der Waals surface area (Å²) in [7, 11) is -3.10. The number of sulfonamides is 1. The van der Waals surface area contributed by atoms with Gasteiger partial charge in [0.1, 0.15) is 5.82 Å². The van der Waals surface area contributed by atoms with E-state index < -0.39 is 10.0 Å². The van der Waals surface area contributed by atoms with E-state index in [4.69, 9.17) is 0 Å². The van der Waals surface area contributed by atoms with Gasteiger partial charge in [0.15, 0.2) is 0 Å². The first-order chi connectivity index (χ1) is 7.97. The molecule has 0 radical (unpaired) electrons. The smallest absolute Gasteiger partial charge is 0.208 e. The van der Waals surface area contributed by atoms with Crippen molar-refractivity contribution in [1.29, 1.82) is 0 Å². The van der Waals surface area contributed by atoms with E-state index in [2.05, 4.69) is 10.0 Å². The molecular formula is C11H17FN2O2S. The van der Waals surface area contributed by atoms with E-state index in [1.165, 1.54) is 12.1 Å². The average molecular weight is 260 g/mol. The number of hydrogen-bond donors (Lipinski definition) is 2. The third kappa shape index (κ3) is 7.04. The summed E-state index contributed by atoms with van der Waals surface area (Å²) in [5.41, 5.74) is 0.876. The molecule has 0 aliphatic rings. The van der Waals surface area contributed by atoms with Crippen LogP contribution < -0.4 is 10.0 Å². The molecule has 0 amide bonds. The Kier molecular flexibility index (Phi) is 5.54. The summed E-state index contributed by atoms with van der Waals surface area (Å²) in [4.78, 5) is 0. The molecule has 0 heterocycles. The number of benzene rings is 1. The summed E-state index contributed by atoms with van der Waals surface area (Å²) in [6, 6.07) is 6.38. The van der Waals surface area contributed by atoms with E-state index in [0.717, 1.165) is 11.8 Å². The van der Waals surface area contributed by atoms with Gasteiger partial charge in [-0.3, -0.25) is 0 Å². The first-order valence-electron chi connectivity index (χ1n) is 5.37. The summed E-state index contributed by atoms with van der Waals surface area (Å²) >= 11 is 0. The van der Waals surface area contributed by atoms with Gasteiger partial charge >= 0.3 is 0 Å². The summed E-state index contributed by atoms with van der Waals surface area (Å²) in [5.74, 6) is -0.247. The zero-order chi connectivity index (χ0) is 12.7. The van der Waals surface area contributed by atoms with Crippen molar-refractivity contribution in [1.82, 2.24) is 10.0 Å². The van der Waals surface area contributed by atoms with Crippen LogP contribution in [0.3, 0.4) is 0 Å². The van der Waals surface area contributed by atoms with E-state index in [1.807, 2.05) is 6.07 Å². The lowest BCUT2D eigenvalue weighted by atomic mass is 10.2. The van der Waals surface area contributed by atoms with E-state index >= 15 is 0 Å². The number of hydrogen-bond acceptors (Lipinski definition) is 3. The molecule has 0 bridgehead atoms. The normalized spacial score (nSPS) is 11.6. The van der Waals surface area contributed by atoms with E-state index in [0.29, 0.717) is 26.1 Å². The lowest BCUT2D eigenvalue weighted by Gasteiger charge is -2.05. The Balaban J connectivity index is 2.13. The van der Waals surface area contributed by atoms with Gasteiger partial charge in [0.05, 0.1) is 6.26 Å². The maximum absolute atomic E-state index is 12.8. The average Bonchev–Trinajstić information content (AvgIpc) is 2.22. The van der Waals surface area contributed by atoms with Crippen LogP contribution in [0.25, 0.3) is 0 Å². The zero-order valence-corrected chi connectivity index (χ0v) is 10.6. The van der Waals surface area contributed by atoms with E-state index in [1.54, 1.807) is 6.07 Å². The Hall–Kier alpha value is -0.980. The number of rotatable bonds is 7. The SMILES string of the molecule is CS(=O)(=O)NCCCNCc1cccc(F)c1. The quantitative estimate of drug-likeness (QED) is 0.715. The van der Waals surface area contributed by atoms with Crippen molar-refractivity contribution in [3.63, 3.8) is 0 Å². The topological polar surface area (TPSA) is 58.2 Å². The Labute approximate surface area is 101 Å². The first kappa shape index (κ1) is 14.1. The predicted octanol–water partition coefficient (Wildman–Crippen LogP) is 0.855. The van der Waals surface area contributed by atoms with Gasteiger partial charge in [-0.1, -0.05) is 12.1 Å². The van der Waals surface area contributed by atoms with Crippen molar-refractivity contribution in [2.24, 2.45) is 0 Å². The maximum Gasteiger partial charge on any atom is 0.208 e. The molecule has 0 aliphatic heterocycles. The minimum absolute atomic E-state index is 0.247. The molecular weight excluding hydrogens is 243 g/mol. The molecule has 0 atom stereocenters. The summed E-state index contributed by atoms with van der Waals surface area (Å²) in [6.45, 7) is 1.67. The van der Waals surface area contributed by atoms with Crippen LogP contribution in [0.15, 0.2) is 24.3 Å². The fourth-order valence-corrected chi connectivity index (χ4v) is 1.87.